The van der Waals surface area contributed by atoms with E-state index in [9.17, 15) is 0 Å². The molecule has 0 atom stereocenters. The molecule has 0 aromatic heterocycles. The molecule has 1 nitrogen and oxygen atoms in total. The summed E-state index contributed by atoms with van der Waals surface area (Å²) in [6.07, 6.45) is 0. The summed E-state index contributed by atoms with van der Waals surface area (Å²) in [7, 11) is -2.85. The van der Waals surface area contributed by atoms with Crippen LogP contribution >= 0.6 is 0 Å². The van der Waals surface area contributed by atoms with Crippen LogP contribution in [0.5, 0.6) is 0 Å². The summed E-state index contributed by atoms with van der Waals surface area (Å²) in [5.74, 6) is 0. The summed E-state index contributed by atoms with van der Waals surface area (Å²) in [6.45, 7) is 0. The molecule has 0 heterocycles. The fraction of sp³-hybridized carbons (Fsp3) is 0. The number of hydrogen-bond donors (Lipinski definition) is 0. The van der Waals surface area contributed by atoms with Gasteiger partial charge in [0.05, 0.1) is 5.69 Å². The highest BCUT2D eigenvalue weighted by Gasteiger charge is 2.42. The second-order valence-corrected chi connectivity index (χ2v) is 17.5. The van der Waals surface area contributed by atoms with E-state index in [4.69, 9.17) is 0 Å². The van der Waals surface area contributed by atoms with E-state index < -0.39 is 8.07 Å². The van der Waals surface area contributed by atoms with Crippen molar-refractivity contribution in [1.82, 2.24) is 0 Å². The molecule has 9 rings (SSSR count). The number of anilines is 3. The van der Waals surface area contributed by atoms with Gasteiger partial charge in [0.15, 0.2) is 8.07 Å². The van der Waals surface area contributed by atoms with Gasteiger partial charge in [-0.25, -0.2) is 0 Å². The third-order valence-corrected chi connectivity index (χ3v) is 15.3. The van der Waals surface area contributed by atoms with Crippen LogP contribution in [0.1, 0.15) is 0 Å². The van der Waals surface area contributed by atoms with E-state index in [0.29, 0.717) is 0 Å². The zero-order valence-corrected chi connectivity index (χ0v) is 31.0. The van der Waals surface area contributed by atoms with Crippen LogP contribution < -0.4 is 25.6 Å². The minimum atomic E-state index is -2.85. The van der Waals surface area contributed by atoms with Gasteiger partial charge >= 0.3 is 0 Å². The minimum Gasteiger partial charge on any atom is -0.310 e. The van der Waals surface area contributed by atoms with Gasteiger partial charge in [0.25, 0.3) is 0 Å². The van der Waals surface area contributed by atoms with Crippen molar-refractivity contribution in [3.63, 3.8) is 0 Å². The molecule has 0 aliphatic rings. The topological polar surface area (TPSA) is 3.24 Å². The lowest BCUT2D eigenvalue weighted by atomic mass is 10.0. The highest BCUT2D eigenvalue weighted by Crippen LogP contribution is 2.41. The molecule has 0 radical (unpaired) electrons. The first-order valence-electron chi connectivity index (χ1n) is 18.6. The molecule has 2 heteroatoms. The van der Waals surface area contributed by atoms with Gasteiger partial charge in [-0.2, -0.15) is 0 Å². The predicted molar refractivity (Wildman–Crippen MR) is 233 cm³/mol. The Morgan fingerprint density at radius 2 is 0.778 bits per heavy atom. The molecule has 256 valence electrons. The minimum absolute atomic E-state index is 1.10. The van der Waals surface area contributed by atoms with Crippen molar-refractivity contribution < 1.29 is 0 Å². The van der Waals surface area contributed by atoms with Gasteiger partial charge in [-0.05, 0) is 78.5 Å². The summed E-state index contributed by atoms with van der Waals surface area (Å²) in [6, 6.07) is 86.7. The van der Waals surface area contributed by atoms with Gasteiger partial charge < -0.3 is 4.90 Å². The number of hydrogen-bond acceptors (Lipinski definition) is 1. The molecule has 0 N–H and O–H groups in total. The van der Waals surface area contributed by atoms with E-state index >= 15 is 0 Å². The van der Waals surface area contributed by atoms with Crippen LogP contribution in [0, 0.1) is 0 Å². The second-order valence-electron chi connectivity index (χ2n) is 13.7. The maximum Gasteiger partial charge on any atom is 0.179 e. The largest absolute Gasteiger partial charge is 0.310 e. The van der Waals surface area contributed by atoms with E-state index in [1.165, 1.54) is 53.8 Å². The number of nitrogens with zero attached hydrogens (tertiary/aromatic N) is 1. The second kappa shape index (κ2) is 14.7. The third kappa shape index (κ3) is 6.13. The lowest BCUT2D eigenvalue weighted by Gasteiger charge is -2.36. The number of fused-ring (bicyclic) bond motifs is 1. The van der Waals surface area contributed by atoms with Crippen molar-refractivity contribution in [2.24, 2.45) is 0 Å². The molecule has 54 heavy (non-hydrogen) atoms. The van der Waals surface area contributed by atoms with E-state index in [-0.39, 0.29) is 0 Å². The Morgan fingerprint density at radius 3 is 1.44 bits per heavy atom. The van der Waals surface area contributed by atoms with E-state index in [1.54, 1.807) is 0 Å². The normalized spacial score (nSPS) is 11.3. The molecule has 0 saturated heterocycles. The Morgan fingerprint density at radius 1 is 0.278 bits per heavy atom. The van der Waals surface area contributed by atoms with Crippen molar-refractivity contribution in [2.75, 3.05) is 4.90 Å². The molecule has 0 aliphatic heterocycles. The summed E-state index contributed by atoms with van der Waals surface area (Å²) in [5.41, 5.74) is 8.12. The number of para-hydroxylation sites is 1. The predicted octanol–water partition coefficient (Wildman–Crippen LogP) is 11.0. The highest BCUT2D eigenvalue weighted by atomic mass is 28.3. The smallest absolute Gasteiger partial charge is 0.179 e. The monoisotopic (exact) mass is 705 g/mol. The molecule has 0 amide bonds. The zero-order valence-electron chi connectivity index (χ0n) is 30.0. The van der Waals surface area contributed by atoms with Crippen LogP contribution in [0.15, 0.2) is 237 Å². The lowest BCUT2D eigenvalue weighted by molar-refractivity contribution is 1.29. The van der Waals surface area contributed by atoms with Crippen molar-refractivity contribution >= 4 is 56.7 Å². The fourth-order valence-corrected chi connectivity index (χ4v) is 12.9. The van der Waals surface area contributed by atoms with Crippen LogP contribution in [0.25, 0.3) is 33.0 Å². The molecule has 9 aromatic carbocycles. The fourth-order valence-electron chi connectivity index (χ4n) is 8.07. The SMILES string of the molecule is c1ccc(-c2ccc(N(c3cccc([Si](c4ccccc4)(c4ccccc4)c4ccc5ccccc5c4)c3)c3ccccc3-c3ccccc3)cc2)cc1. The summed E-state index contributed by atoms with van der Waals surface area (Å²) in [4.78, 5) is 2.44. The summed E-state index contributed by atoms with van der Waals surface area (Å²) in [5, 5.41) is 7.91. The van der Waals surface area contributed by atoms with Gasteiger partial charge in [-0.15, -0.1) is 0 Å². The molecule has 0 unspecified atom stereocenters. The lowest BCUT2D eigenvalue weighted by Crippen LogP contribution is -2.74. The van der Waals surface area contributed by atoms with Crippen LogP contribution in [-0.4, -0.2) is 8.07 Å². The van der Waals surface area contributed by atoms with Crippen LogP contribution in [0.3, 0.4) is 0 Å². The molecular weight excluding hydrogens is 667 g/mol. The first kappa shape index (κ1) is 33.1. The average Bonchev–Trinajstić information content (AvgIpc) is 3.26. The average molecular weight is 706 g/mol. The molecule has 9 aromatic rings. The van der Waals surface area contributed by atoms with Crippen LogP contribution in [-0.2, 0) is 0 Å². The Labute approximate surface area is 319 Å². The maximum absolute atomic E-state index is 2.85. The van der Waals surface area contributed by atoms with Crippen LogP contribution in [0.4, 0.5) is 17.1 Å². The van der Waals surface area contributed by atoms with Crippen molar-refractivity contribution in [1.29, 1.82) is 0 Å². The van der Waals surface area contributed by atoms with E-state index in [0.717, 1.165) is 17.1 Å². The van der Waals surface area contributed by atoms with Crippen molar-refractivity contribution in [3.8, 4) is 22.3 Å². The van der Waals surface area contributed by atoms with Crippen molar-refractivity contribution in [3.05, 3.63) is 237 Å². The Balaban J connectivity index is 1.30. The summed E-state index contributed by atoms with van der Waals surface area (Å²) < 4.78 is 0. The molecule has 0 saturated carbocycles. The van der Waals surface area contributed by atoms with E-state index in [2.05, 4.69) is 241 Å². The molecular formula is C52H39NSi. The van der Waals surface area contributed by atoms with Gasteiger partial charge in [-0.3, -0.25) is 0 Å². The van der Waals surface area contributed by atoms with Crippen LogP contribution in [0.2, 0.25) is 0 Å². The van der Waals surface area contributed by atoms with E-state index in [1.807, 2.05) is 0 Å². The quantitative estimate of drug-likeness (QED) is 0.107. The molecule has 0 fully saturated rings. The molecule has 0 aliphatic carbocycles. The van der Waals surface area contributed by atoms with Crippen molar-refractivity contribution in [2.45, 2.75) is 0 Å². The molecule has 0 spiro atoms. The Hall–Kier alpha value is -6.74. The first-order valence-corrected chi connectivity index (χ1v) is 20.6. The Bertz CT molecular complexity index is 2600. The van der Waals surface area contributed by atoms with Gasteiger partial charge in [0.2, 0.25) is 0 Å². The number of benzene rings is 9. The molecule has 0 bridgehead atoms. The first-order chi connectivity index (χ1) is 26.8. The third-order valence-electron chi connectivity index (χ3n) is 10.6. The highest BCUT2D eigenvalue weighted by molar-refractivity contribution is 7.20. The summed E-state index contributed by atoms with van der Waals surface area (Å²) >= 11 is 0. The van der Waals surface area contributed by atoms with Gasteiger partial charge in [0, 0.05) is 16.9 Å². The number of rotatable bonds is 9. The Kier molecular flexibility index (Phi) is 9.02. The zero-order chi connectivity index (χ0) is 36.2. The van der Waals surface area contributed by atoms with Gasteiger partial charge in [-0.1, -0.05) is 206 Å². The maximum atomic E-state index is 2.47. The van der Waals surface area contributed by atoms with Gasteiger partial charge in [0.1, 0.15) is 0 Å². The standard InChI is InChI=1S/C52H39NSi/c1-5-18-40(19-6-1)42-32-35-45(36-33-42)53(52-31-16-15-30-51(52)43-21-7-2-8-22-43)46-24-17-29-49(39-46)54(47-25-9-3-10-26-47,48-27-11-4-12-28-48)50-37-34-41-20-13-14-23-44(41)38-50/h1-39H.